The van der Waals surface area contributed by atoms with Crippen molar-refractivity contribution in [3.63, 3.8) is 0 Å². The highest BCUT2D eigenvalue weighted by atomic mass is 16.5. The molecule has 1 amide bonds. The van der Waals surface area contributed by atoms with Gasteiger partial charge in [0.25, 0.3) is 5.91 Å². The van der Waals surface area contributed by atoms with E-state index in [-0.39, 0.29) is 24.3 Å². The molecule has 0 fully saturated rings. The molecular formula is C21H23NO3. The Labute approximate surface area is 148 Å². The summed E-state index contributed by atoms with van der Waals surface area (Å²) in [7, 11) is 0. The molecule has 25 heavy (non-hydrogen) atoms. The highest BCUT2D eigenvalue weighted by molar-refractivity contribution is 5.97. The number of Topliss-reactive ketones (excluding diaryl/α,β-unsaturated/α-hetero) is 1. The Kier molecular flexibility index (Phi) is 5.17. The Hall–Kier alpha value is -2.62. The van der Waals surface area contributed by atoms with Gasteiger partial charge in [-0.2, -0.15) is 0 Å². The average Bonchev–Trinajstić information content (AvgIpc) is 2.94. The van der Waals surface area contributed by atoms with Crippen LogP contribution in [0, 0.1) is 0 Å². The van der Waals surface area contributed by atoms with Crippen LogP contribution in [0.3, 0.4) is 0 Å². The Bertz CT molecular complexity index is 767. The fourth-order valence-electron chi connectivity index (χ4n) is 3.23. The lowest BCUT2D eigenvalue weighted by Gasteiger charge is -2.22. The van der Waals surface area contributed by atoms with Gasteiger partial charge in [-0.1, -0.05) is 30.3 Å². The molecule has 0 aliphatic carbocycles. The number of ketones is 1. The molecule has 0 saturated heterocycles. The molecule has 130 valence electrons. The van der Waals surface area contributed by atoms with Crippen LogP contribution >= 0.6 is 0 Å². The molecule has 1 heterocycles. The molecule has 1 atom stereocenters. The summed E-state index contributed by atoms with van der Waals surface area (Å²) in [6.07, 6.45) is 2.16. The predicted molar refractivity (Wildman–Crippen MR) is 98.0 cm³/mol. The van der Waals surface area contributed by atoms with E-state index >= 15 is 0 Å². The van der Waals surface area contributed by atoms with E-state index in [1.807, 2.05) is 47.4 Å². The number of fused-ring (bicyclic) bond motifs is 1. The van der Waals surface area contributed by atoms with Crippen LogP contribution in [0.4, 0.5) is 5.69 Å². The summed E-state index contributed by atoms with van der Waals surface area (Å²) in [4.78, 5) is 25.5. The summed E-state index contributed by atoms with van der Waals surface area (Å²) in [5.74, 6) is 0.823. The quantitative estimate of drug-likeness (QED) is 0.810. The zero-order chi connectivity index (χ0) is 17.8. The molecule has 0 aromatic heterocycles. The van der Waals surface area contributed by atoms with Gasteiger partial charge in [0.1, 0.15) is 11.5 Å². The number of carbonyl (C=O) groups is 2. The minimum atomic E-state index is -0.0295. The number of carbonyl (C=O) groups excluding carboxylic acids is 2. The van der Waals surface area contributed by atoms with Crippen LogP contribution in [0.2, 0.25) is 0 Å². The summed E-state index contributed by atoms with van der Waals surface area (Å²) in [6, 6.07) is 15.8. The van der Waals surface area contributed by atoms with Crippen LogP contribution in [-0.4, -0.2) is 24.3 Å². The molecule has 1 aliphatic rings. The Morgan fingerprint density at radius 1 is 1.12 bits per heavy atom. The second-order valence-corrected chi connectivity index (χ2v) is 6.58. The first-order valence-corrected chi connectivity index (χ1v) is 8.65. The van der Waals surface area contributed by atoms with Gasteiger partial charge in [0.2, 0.25) is 0 Å². The van der Waals surface area contributed by atoms with Crippen molar-refractivity contribution in [2.24, 2.45) is 0 Å². The molecule has 1 unspecified atom stereocenters. The molecule has 0 N–H and O–H groups in total. The zero-order valence-corrected chi connectivity index (χ0v) is 14.7. The minimum Gasteiger partial charge on any atom is -0.484 e. The average molecular weight is 337 g/mol. The van der Waals surface area contributed by atoms with Crippen molar-refractivity contribution in [1.82, 2.24) is 0 Å². The van der Waals surface area contributed by atoms with E-state index < -0.39 is 0 Å². The van der Waals surface area contributed by atoms with Gasteiger partial charge in [0, 0.05) is 18.2 Å². The van der Waals surface area contributed by atoms with Crippen molar-refractivity contribution < 1.29 is 14.3 Å². The lowest BCUT2D eigenvalue weighted by Crippen LogP contribution is -2.39. The zero-order valence-electron chi connectivity index (χ0n) is 14.7. The smallest absolute Gasteiger partial charge is 0.265 e. The first-order valence-electron chi connectivity index (χ1n) is 8.65. The lowest BCUT2D eigenvalue weighted by molar-refractivity contribution is -0.121. The number of hydrogen-bond donors (Lipinski definition) is 0. The van der Waals surface area contributed by atoms with E-state index in [0.29, 0.717) is 12.2 Å². The van der Waals surface area contributed by atoms with Crippen molar-refractivity contribution in [2.75, 3.05) is 11.5 Å². The maximum absolute atomic E-state index is 12.6. The number of rotatable bonds is 6. The largest absolute Gasteiger partial charge is 0.484 e. The van der Waals surface area contributed by atoms with Crippen LogP contribution in [0.15, 0.2) is 48.5 Å². The molecule has 0 spiro atoms. The third-order valence-corrected chi connectivity index (χ3v) is 4.53. The Balaban J connectivity index is 1.58. The van der Waals surface area contributed by atoms with Crippen molar-refractivity contribution in [3.05, 3.63) is 59.7 Å². The molecule has 4 nitrogen and oxygen atoms in total. The molecule has 1 aliphatic heterocycles. The number of amides is 1. The number of aryl methyl sites for hydroxylation is 1. The maximum Gasteiger partial charge on any atom is 0.265 e. The number of benzene rings is 2. The van der Waals surface area contributed by atoms with Gasteiger partial charge in [-0.25, -0.2) is 0 Å². The molecule has 2 aromatic rings. The van der Waals surface area contributed by atoms with Gasteiger partial charge in [0.15, 0.2) is 6.61 Å². The van der Waals surface area contributed by atoms with Crippen molar-refractivity contribution >= 4 is 17.4 Å². The number of ether oxygens (including phenoxy) is 1. The van der Waals surface area contributed by atoms with Crippen LogP contribution in [-0.2, 0) is 22.4 Å². The number of para-hydroxylation sites is 1. The van der Waals surface area contributed by atoms with E-state index in [9.17, 15) is 9.59 Å². The van der Waals surface area contributed by atoms with Gasteiger partial charge < -0.3 is 14.4 Å². The second kappa shape index (κ2) is 7.51. The second-order valence-electron chi connectivity index (χ2n) is 6.58. The molecule has 2 aromatic carbocycles. The fourth-order valence-corrected chi connectivity index (χ4v) is 3.23. The van der Waals surface area contributed by atoms with E-state index in [2.05, 4.69) is 13.0 Å². The van der Waals surface area contributed by atoms with Gasteiger partial charge in [-0.3, -0.25) is 4.79 Å². The number of hydrogen-bond acceptors (Lipinski definition) is 3. The van der Waals surface area contributed by atoms with Crippen LogP contribution in [0.1, 0.15) is 31.4 Å². The van der Waals surface area contributed by atoms with Crippen molar-refractivity contribution in [2.45, 2.75) is 39.2 Å². The van der Waals surface area contributed by atoms with Crippen molar-refractivity contribution in [1.29, 1.82) is 0 Å². The molecule has 3 rings (SSSR count). The van der Waals surface area contributed by atoms with E-state index in [4.69, 9.17) is 4.74 Å². The first-order chi connectivity index (χ1) is 12.0. The third kappa shape index (κ3) is 4.08. The summed E-state index contributed by atoms with van der Waals surface area (Å²) in [5, 5.41) is 0. The molecule has 0 saturated carbocycles. The molecular weight excluding hydrogens is 314 g/mol. The van der Waals surface area contributed by atoms with Crippen molar-refractivity contribution in [3.8, 4) is 5.75 Å². The van der Waals surface area contributed by atoms with Gasteiger partial charge in [0.05, 0.1) is 0 Å². The highest BCUT2D eigenvalue weighted by Crippen LogP contribution is 2.31. The SMILES string of the molecule is CC(=O)CCc1ccc(OCC(=O)N2c3ccccc3CC2C)cc1. The van der Waals surface area contributed by atoms with Gasteiger partial charge in [-0.15, -0.1) is 0 Å². The highest BCUT2D eigenvalue weighted by Gasteiger charge is 2.30. The Morgan fingerprint density at radius 3 is 2.56 bits per heavy atom. The monoisotopic (exact) mass is 337 g/mol. The standard InChI is InChI=1S/C21H23NO3/c1-15-13-18-5-3-4-6-20(18)22(15)21(24)14-25-19-11-9-17(10-12-19)8-7-16(2)23/h3-6,9-12,15H,7-8,13-14H2,1-2H3. The number of anilines is 1. The Morgan fingerprint density at radius 2 is 1.84 bits per heavy atom. The fraction of sp³-hybridized carbons (Fsp3) is 0.333. The number of nitrogens with zero attached hydrogens (tertiary/aromatic N) is 1. The summed E-state index contributed by atoms with van der Waals surface area (Å²) >= 11 is 0. The van der Waals surface area contributed by atoms with Crippen LogP contribution in [0.25, 0.3) is 0 Å². The summed E-state index contributed by atoms with van der Waals surface area (Å²) in [6.45, 7) is 3.67. The molecule has 4 heteroatoms. The minimum absolute atomic E-state index is 0.0193. The molecule has 0 bridgehead atoms. The van der Waals surface area contributed by atoms with Gasteiger partial charge in [-0.05, 0) is 56.0 Å². The first kappa shape index (κ1) is 17.2. The van der Waals surface area contributed by atoms with Crippen LogP contribution < -0.4 is 9.64 Å². The topological polar surface area (TPSA) is 46.6 Å². The van der Waals surface area contributed by atoms with E-state index in [0.717, 1.165) is 24.1 Å². The maximum atomic E-state index is 12.6. The normalized spacial score (nSPS) is 15.8. The predicted octanol–water partition coefficient (Wildman–Crippen LogP) is 3.56. The van der Waals surface area contributed by atoms with E-state index in [1.54, 1.807) is 6.92 Å². The summed E-state index contributed by atoms with van der Waals surface area (Å²) in [5.41, 5.74) is 3.29. The summed E-state index contributed by atoms with van der Waals surface area (Å²) < 4.78 is 5.67. The molecule has 0 radical (unpaired) electrons. The van der Waals surface area contributed by atoms with Gasteiger partial charge >= 0.3 is 0 Å². The third-order valence-electron chi connectivity index (χ3n) is 4.53. The van der Waals surface area contributed by atoms with E-state index in [1.165, 1.54) is 5.56 Å². The lowest BCUT2D eigenvalue weighted by atomic mass is 10.1. The van der Waals surface area contributed by atoms with Crippen LogP contribution in [0.5, 0.6) is 5.75 Å².